The summed E-state index contributed by atoms with van der Waals surface area (Å²) in [5, 5.41) is 45.4. The molecule has 4 atom stereocenters. The van der Waals surface area contributed by atoms with Crippen LogP contribution < -0.4 is 0 Å². The van der Waals surface area contributed by atoms with Gasteiger partial charge in [-0.1, -0.05) is 0 Å². The lowest BCUT2D eigenvalue weighted by atomic mass is 9.78. The van der Waals surface area contributed by atoms with Crippen LogP contribution in [0.3, 0.4) is 0 Å². The molecule has 0 amide bonds. The van der Waals surface area contributed by atoms with E-state index >= 15 is 0 Å². The fourth-order valence-electron chi connectivity index (χ4n) is 1.34. The molecule has 76 valence electrons. The second-order valence-electron chi connectivity index (χ2n) is 3.29. The maximum Gasteiger partial charge on any atom is 0.167 e. The Kier molecular flexibility index (Phi) is 2.69. The number of Topliss-reactive ketones (excluding diaryl/α,β-unsaturated/α-hetero) is 1. The number of aliphatic hydroxyl groups excluding tert-OH is 4. The van der Waals surface area contributed by atoms with Gasteiger partial charge in [-0.25, -0.2) is 0 Å². The van der Waals surface area contributed by atoms with Crippen LogP contribution in [0.5, 0.6) is 0 Å². The van der Waals surface area contributed by atoms with E-state index in [1.54, 1.807) is 0 Å². The SMILES string of the molecule is O=C1C[C@@](O)(CO)[C@H](O)[C@H](O)[C@@H]1O. The van der Waals surface area contributed by atoms with Crippen LogP contribution in [0.25, 0.3) is 0 Å². The lowest BCUT2D eigenvalue weighted by molar-refractivity contribution is -0.198. The maximum atomic E-state index is 10.9. The van der Waals surface area contributed by atoms with Gasteiger partial charge in [0.25, 0.3) is 0 Å². The fourth-order valence-corrected chi connectivity index (χ4v) is 1.34. The second-order valence-corrected chi connectivity index (χ2v) is 3.29. The van der Waals surface area contributed by atoms with Crippen molar-refractivity contribution in [1.29, 1.82) is 0 Å². The van der Waals surface area contributed by atoms with Gasteiger partial charge >= 0.3 is 0 Å². The Morgan fingerprint density at radius 1 is 1.38 bits per heavy atom. The standard InChI is InChI=1S/C7H12O6/c8-2-7(13)1-3(9)4(10)5(11)6(7)12/h4-6,8,10-13H,1-2H2/t4-,5-,6-,7-/m1/s1. The third kappa shape index (κ3) is 1.59. The van der Waals surface area contributed by atoms with Gasteiger partial charge in [0.2, 0.25) is 0 Å². The monoisotopic (exact) mass is 192 g/mol. The zero-order valence-corrected chi connectivity index (χ0v) is 6.79. The summed E-state index contributed by atoms with van der Waals surface area (Å²) in [6.07, 6.45) is -5.73. The third-order valence-electron chi connectivity index (χ3n) is 2.28. The molecule has 0 saturated heterocycles. The van der Waals surface area contributed by atoms with Crippen molar-refractivity contribution in [2.45, 2.75) is 30.3 Å². The predicted molar refractivity (Wildman–Crippen MR) is 39.7 cm³/mol. The molecular weight excluding hydrogens is 180 g/mol. The molecule has 0 aromatic rings. The Labute approximate surface area is 74.1 Å². The van der Waals surface area contributed by atoms with Crippen molar-refractivity contribution in [2.24, 2.45) is 0 Å². The first kappa shape index (κ1) is 10.6. The number of carbonyl (C=O) groups excluding carboxylic acids is 1. The van der Waals surface area contributed by atoms with Crippen molar-refractivity contribution >= 4 is 5.78 Å². The Bertz CT molecular complexity index is 217. The first-order chi connectivity index (χ1) is 5.92. The van der Waals surface area contributed by atoms with Crippen LogP contribution in [-0.4, -0.2) is 61.8 Å². The molecule has 0 unspecified atom stereocenters. The number of ketones is 1. The minimum atomic E-state index is -2.05. The molecule has 1 fully saturated rings. The quantitative estimate of drug-likeness (QED) is 0.298. The van der Waals surface area contributed by atoms with E-state index in [4.69, 9.17) is 15.3 Å². The van der Waals surface area contributed by atoms with Gasteiger partial charge in [0.1, 0.15) is 23.9 Å². The van der Waals surface area contributed by atoms with Crippen molar-refractivity contribution in [3.8, 4) is 0 Å². The van der Waals surface area contributed by atoms with Crippen LogP contribution in [0.1, 0.15) is 6.42 Å². The molecule has 6 nitrogen and oxygen atoms in total. The molecule has 0 aliphatic heterocycles. The maximum absolute atomic E-state index is 10.9. The highest BCUT2D eigenvalue weighted by molar-refractivity contribution is 5.85. The highest BCUT2D eigenvalue weighted by Gasteiger charge is 2.50. The van der Waals surface area contributed by atoms with Gasteiger partial charge < -0.3 is 25.5 Å². The van der Waals surface area contributed by atoms with Crippen molar-refractivity contribution < 1.29 is 30.3 Å². The Morgan fingerprint density at radius 2 is 1.92 bits per heavy atom. The van der Waals surface area contributed by atoms with Crippen molar-refractivity contribution in [1.82, 2.24) is 0 Å². The molecule has 1 rings (SSSR count). The van der Waals surface area contributed by atoms with Crippen LogP contribution >= 0.6 is 0 Å². The summed E-state index contributed by atoms with van der Waals surface area (Å²) >= 11 is 0. The van der Waals surface area contributed by atoms with Crippen LogP contribution in [0.2, 0.25) is 0 Å². The number of hydrogen-bond donors (Lipinski definition) is 5. The Hall–Kier alpha value is -0.530. The van der Waals surface area contributed by atoms with E-state index in [1.165, 1.54) is 0 Å². The second kappa shape index (κ2) is 3.32. The third-order valence-corrected chi connectivity index (χ3v) is 2.28. The number of rotatable bonds is 1. The molecule has 5 N–H and O–H groups in total. The zero-order chi connectivity index (χ0) is 10.2. The van der Waals surface area contributed by atoms with E-state index in [2.05, 4.69) is 0 Å². The van der Waals surface area contributed by atoms with Gasteiger partial charge in [-0.15, -0.1) is 0 Å². The van der Waals surface area contributed by atoms with E-state index in [0.29, 0.717) is 0 Å². The average Bonchev–Trinajstić information content (AvgIpc) is 2.12. The number of aliphatic hydroxyl groups is 5. The molecule has 0 aromatic heterocycles. The minimum Gasteiger partial charge on any atom is -0.393 e. The molecule has 1 aliphatic rings. The van der Waals surface area contributed by atoms with Crippen molar-refractivity contribution in [3.63, 3.8) is 0 Å². The summed E-state index contributed by atoms with van der Waals surface area (Å²) in [4.78, 5) is 10.9. The highest BCUT2D eigenvalue weighted by Crippen LogP contribution is 2.26. The first-order valence-corrected chi connectivity index (χ1v) is 3.82. The predicted octanol–water partition coefficient (Wildman–Crippen LogP) is -3.23. The van der Waals surface area contributed by atoms with Crippen molar-refractivity contribution in [2.75, 3.05) is 6.61 Å². The van der Waals surface area contributed by atoms with Crippen molar-refractivity contribution in [3.05, 3.63) is 0 Å². The average molecular weight is 192 g/mol. The van der Waals surface area contributed by atoms with Gasteiger partial charge in [-0.3, -0.25) is 4.79 Å². The summed E-state index contributed by atoms with van der Waals surface area (Å²) in [7, 11) is 0. The topological polar surface area (TPSA) is 118 Å². The number of hydrogen-bond acceptors (Lipinski definition) is 6. The summed E-state index contributed by atoms with van der Waals surface area (Å²) in [6.45, 7) is -0.844. The van der Waals surface area contributed by atoms with E-state index in [-0.39, 0.29) is 0 Å². The van der Waals surface area contributed by atoms with Crippen LogP contribution in [0.4, 0.5) is 0 Å². The lowest BCUT2D eigenvalue weighted by Crippen LogP contribution is -2.62. The molecule has 1 aliphatic carbocycles. The molecule has 0 spiro atoms. The van der Waals surface area contributed by atoms with Gasteiger partial charge in [-0.05, 0) is 0 Å². The molecular formula is C7H12O6. The fraction of sp³-hybridized carbons (Fsp3) is 0.857. The number of carbonyl (C=O) groups is 1. The summed E-state index contributed by atoms with van der Waals surface area (Å²) in [6, 6.07) is 0. The lowest BCUT2D eigenvalue weighted by Gasteiger charge is -2.39. The molecule has 1 saturated carbocycles. The highest BCUT2D eigenvalue weighted by atomic mass is 16.4. The van der Waals surface area contributed by atoms with Gasteiger partial charge in [0.15, 0.2) is 5.78 Å². The zero-order valence-electron chi connectivity index (χ0n) is 6.79. The minimum absolute atomic E-state index is 0.567. The van der Waals surface area contributed by atoms with Crippen LogP contribution in [-0.2, 0) is 4.79 Å². The van der Waals surface area contributed by atoms with Gasteiger partial charge in [0, 0.05) is 6.42 Å². The van der Waals surface area contributed by atoms with E-state index in [9.17, 15) is 15.0 Å². The summed E-state index contributed by atoms with van der Waals surface area (Å²) in [5.41, 5.74) is -2.05. The van der Waals surface area contributed by atoms with Gasteiger partial charge in [-0.2, -0.15) is 0 Å². The molecule has 0 aromatic carbocycles. The largest absolute Gasteiger partial charge is 0.393 e. The van der Waals surface area contributed by atoms with Gasteiger partial charge in [0.05, 0.1) is 6.61 Å². The summed E-state index contributed by atoms with van der Waals surface area (Å²) in [5.74, 6) is -0.797. The van der Waals surface area contributed by atoms with Crippen LogP contribution in [0, 0.1) is 0 Å². The molecule has 6 heteroatoms. The smallest absolute Gasteiger partial charge is 0.167 e. The van der Waals surface area contributed by atoms with Crippen LogP contribution in [0.15, 0.2) is 0 Å². The Balaban J connectivity index is 2.88. The normalized spacial score (nSPS) is 46.5. The van der Waals surface area contributed by atoms with E-state index in [1.807, 2.05) is 0 Å². The van der Waals surface area contributed by atoms with E-state index in [0.717, 1.165) is 0 Å². The molecule has 0 heterocycles. The Morgan fingerprint density at radius 3 is 2.38 bits per heavy atom. The first-order valence-electron chi connectivity index (χ1n) is 3.82. The molecule has 13 heavy (non-hydrogen) atoms. The van der Waals surface area contributed by atoms with E-state index < -0.39 is 42.7 Å². The molecule has 0 radical (unpaired) electrons. The summed E-state index contributed by atoms with van der Waals surface area (Å²) < 4.78 is 0. The molecule has 0 bridgehead atoms.